The lowest BCUT2D eigenvalue weighted by molar-refractivity contribution is 1.36. The number of aryl methyl sites for hydroxylation is 1. The topological polar surface area (TPSA) is 26.0 Å². The molecule has 0 saturated carbocycles. The maximum Gasteiger partial charge on any atom is 0.0466 e. The average molecular weight is 341 g/mol. The molecule has 0 saturated heterocycles. The molecule has 0 spiro atoms. The predicted molar refractivity (Wildman–Crippen MR) is 78.9 cm³/mol. The van der Waals surface area contributed by atoms with Crippen LogP contribution >= 0.6 is 34.4 Å². The maximum atomic E-state index is 5.97. The third-order valence-electron chi connectivity index (χ3n) is 2.22. The van der Waals surface area contributed by atoms with E-state index in [2.05, 4.69) is 65.9 Å². The fourth-order valence-corrected chi connectivity index (χ4v) is 2.70. The molecule has 2 aromatic carbocycles. The molecule has 0 unspecified atom stereocenters. The Hall–Kier alpha value is -0.680. The van der Waals surface area contributed by atoms with Crippen LogP contribution in [0.25, 0.3) is 0 Å². The molecule has 16 heavy (non-hydrogen) atoms. The zero-order chi connectivity index (χ0) is 11.5. The van der Waals surface area contributed by atoms with E-state index in [0.29, 0.717) is 0 Å². The summed E-state index contributed by atoms with van der Waals surface area (Å²) >= 11 is 3.97. The van der Waals surface area contributed by atoms with Crippen molar-refractivity contribution in [1.29, 1.82) is 0 Å². The molecule has 0 bridgehead atoms. The largest absolute Gasteiger partial charge is 0.398 e. The fraction of sp³-hybridized carbons (Fsp3) is 0.0769. The van der Waals surface area contributed by atoms with Gasteiger partial charge >= 0.3 is 0 Å². The second kappa shape index (κ2) is 5.10. The normalized spacial score (nSPS) is 10.4. The van der Waals surface area contributed by atoms with Gasteiger partial charge in [0.1, 0.15) is 0 Å². The number of rotatable bonds is 2. The van der Waals surface area contributed by atoms with Gasteiger partial charge in [-0.3, -0.25) is 0 Å². The van der Waals surface area contributed by atoms with Gasteiger partial charge in [-0.25, -0.2) is 0 Å². The predicted octanol–water partition coefficient (Wildman–Crippen LogP) is 4.33. The molecule has 82 valence electrons. The van der Waals surface area contributed by atoms with Gasteiger partial charge in [-0.2, -0.15) is 0 Å². The summed E-state index contributed by atoms with van der Waals surface area (Å²) in [6.45, 7) is 2.09. The Bertz CT molecular complexity index is 494. The molecule has 2 rings (SSSR count). The quantitative estimate of drug-likeness (QED) is 0.650. The molecule has 3 heteroatoms. The number of nitrogen functional groups attached to an aromatic ring is 1. The van der Waals surface area contributed by atoms with E-state index in [0.717, 1.165) is 10.6 Å². The molecule has 0 aliphatic carbocycles. The molecule has 0 aliphatic rings. The standard InChI is InChI=1S/C13H12INS/c1-9-2-5-11(6-3-9)16-13-7-4-10(14)8-12(13)15/h2-8H,15H2,1H3. The van der Waals surface area contributed by atoms with Gasteiger partial charge in [-0.1, -0.05) is 29.5 Å². The Kier molecular flexibility index (Phi) is 3.76. The first-order valence-electron chi connectivity index (χ1n) is 4.95. The van der Waals surface area contributed by atoms with Gasteiger partial charge in [0.2, 0.25) is 0 Å². The molecule has 1 nitrogen and oxygen atoms in total. The van der Waals surface area contributed by atoms with Crippen LogP contribution in [-0.2, 0) is 0 Å². The number of anilines is 1. The molecule has 2 N–H and O–H groups in total. The summed E-state index contributed by atoms with van der Waals surface area (Å²) in [5.74, 6) is 0. The van der Waals surface area contributed by atoms with E-state index in [9.17, 15) is 0 Å². The Morgan fingerprint density at radius 1 is 1.06 bits per heavy atom. The zero-order valence-electron chi connectivity index (χ0n) is 8.91. The van der Waals surface area contributed by atoms with Gasteiger partial charge in [-0.15, -0.1) is 0 Å². The van der Waals surface area contributed by atoms with Crippen molar-refractivity contribution in [3.8, 4) is 0 Å². The van der Waals surface area contributed by atoms with Crippen molar-refractivity contribution in [3.63, 3.8) is 0 Å². The van der Waals surface area contributed by atoms with Crippen molar-refractivity contribution in [1.82, 2.24) is 0 Å². The molecular weight excluding hydrogens is 329 g/mol. The van der Waals surface area contributed by atoms with Crippen molar-refractivity contribution in [2.75, 3.05) is 5.73 Å². The number of benzene rings is 2. The highest BCUT2D eigenvalue weighted by Crippen LogP contribution is 2.32. The van der Waals surface area contributed by atoms with Gasteiger partial charge in [0.15, 0.2) is 0 Å². The molecule has 2 aromatic rings. The first kappa shape index (κ1) is 11.8. The van der Waals surface area contributed by atoms with Gasteiger partial charge in [0, 0.05) is 19.0 Å². The number of nitrogens with two attached hydrogens (primary N) is 1. The van der Waals surface area contributed by atoms with E-state index < -0.39 is 0 Å². The Labute approximate surface area is 114 Å². The highest BCUT2D eigenvalue weighted by molar-refractivity contribution is 14.1. The average Bonchev–Trinajstić information content (AvgIpc) is 2.25. The minimum Gasteiger partial charge on any atom is -0.398 e. The first-order valence-corrected chi connectivity index (χ1v) is 6.84. The third kappa shape index (κ3) is 2.92. The molecule has 0 radical (unpaired) electrons. The lowest BCUT2D eigenvalue weighted by atomic mass is 10.2. The van der Waals surface area contributed by atoms with Crippen LogP contribution in [0, 0.1) is 10.5 Å². The molecule has 0 aromatic heterocycles. The first-order chi connectivity index (χ1) is 7.65. The van der Waals surface area contributed by atoms with Crippen molar-refractivity contribution in [3.05, 3.63) is 51.6 Å². The summed E-state index contributed by atoms with van der Waals surface area (Å²) in [6, 6.07) is 14.6. The lowest BCUT2D eigenvalue weighted by Crippen LogP contribution is -1.88. The van der Waals surface area contributed by atoms with Crippen molar-refractivity contribution >= 4 is 40.0 Å². The number of hydrogen-bond donors (Lipinski definition) is 1. The van der Waals surface area contributed by atoms with Gasteiger partial charge in [0.25, 0.3) is 0 Å². The number of halogens is 1. The zero-order valence-corrected chi connectivity index (χ0v) is 11.9. The maximum absolute atomic E-state index is 5.97. The van der Waals surface area contributed by atoms with Gasteiger partial charge in [-0.05, 0) is 59.8 Å². The summed E-state index contributed by atoms with van der Waals surface area (Å²) in [6.07, 6.45) is 0. The minimum atomic E-state index is 0.845. The van der Waals surface area contributed by atoms with Crippen LogP contribution in [0.1, 0.15) is 5.56 Å². The molecule has 0 amide bonds. The molecule has 0 heterocycles. The summed E-state index contributed by atoms with van der Waals surface area (Å²) in [5, 5.41) is 0. The highest BCUT2D eigenvalue weighted by atomic mass is 127. The van der Waals surface area contributed by atoms with Crippen LogP contribution in [0.2, 0.25) is 0 Å². The third-order valence-corrected chi connectivity index (χ3v) is 3.99. The van der Waals surface area contributed by atoms with Crippen LogP contribution in [-0.4, -0.2) is 0 Å². The second-order valence-electron chi connectivity index (χ2n) is 3.60. The van der Waals surface area contributed by atoms with Crippen molar-refractivity contribution in [2.45, 2.75) is 16.7 Å². The lowest BCUT2D eigenvalue weighted by Gasteiger charge is -2.06. The van der Waals surface area contributed by atoms with Gasteiger partial charge < -0.3 is 5.73 Å². The van der Waals surface area contributed by atoms with Crippen LogP contribution in [0.5, 0.6) is 0 Å². The minimum absolute atomic E-state index is 0.845. The van der Waals surface area contributed by atoms with Crippen molar-refractivity contribution in [2.24, 2.45) is 0 Å². The molecule has 0 aliphatic heterocycles. The smallest absolute Gasteiger partial charge is 0.0466 e. The van der Waals surface area contributed by atoms with Crippen LogP contribution in [0.4, 0.5) is 5.69 Å². The van der Waals surface area contributed by atoms with E-state index >= 15 is 0 Å². The van der Waals surface area contributed by atoms with E-state index in [1.54, 1.807) is 11.8 Å². The van der Waals surface area contributed by atoms with E-state index in [4.69, 9.17) is 5.73 Å². The van der Waals surface area contributed by atoms with Crippen LogP contribution in [0.3, 0.4) is 0 Å². The summed E-state index contributed by atoms with van der Waals surface area (Å²) in [7, 11) is 0. The molecular formula is C13H12INS. The van der Waals surface area contributed by atoms with E-state index in [1.807, 2.05) is 6.07 Å². The van der Waals surface area contributed by atoms with Crippen LogP contribution in [0.15, 0.2) is 52.3 Å². The van der Waals surface area contributed by atoms with Crippen LogP contribution < -0.4 is 5.73 Å². The summed E-state index contributed by atoms with van der Waals surface area (Å²) < 4.78 is 1.17. The molecule has 0 fully saturated rings. The van der Waals surface area contributed by atoms with E-state index in [1.165, 1.54) is 14.0 Å². The molecule has 0 atom stereocenters. The summed E-state index contributed by atoms with van der Waals surface area (Å²) in [4.78, 5) is 2.34. The fourth-order valence-electron chi connectivity index (χ4n) is 1.35. The SMILES string of the molecule is Cc1ccc(Sc2ccc(I)cc2N)cc1. The van der Waals surface area contributed by atoms with E-state index in [-0.39, 0.29) is 0 Å². The Balaban J connectivity index is 2.23. The van der Waals surface area contributed by atoms with Gasteiger partial charge in [0.05, 0.1) is 0 Å². The Morgan fingerprint density at radius 3 is 2.38 bits per heavy atom. The Morgan fingerprint density at radius 2 is 1.75 bits per heavy atom. The highest BCUT2D eigenvalue weighted by Gasteiger charge is 2.02. The number of hydrogen-bond acceptors (Lipinski definition) is 2. The van der Waals surface area contributed by atoms with Crippen molar-refractivity contribution < 1.29 is 0 Å². The summed E-state index contributed by atoms with van der Waals surface area (Å²) in [5.41, 5.74) is 8.10. The second-order valence-corrected chi connectivity index (χ2v) is 5.96. The monoisotopic (exact) mass is 341 g/mol.